The number of rotatable bonds is 7. The van der Waals surface area contributed by atoms with E-state index in [2.05, 4.69) is 48.0 Å². The Morgan fingerprint density at radius 2 is 1.88 bits per heavy atom. The number of nitriles is 1. The maximum atomic E-state index is 13.2. The molecule has 1 saturated heterocycles. The van der Waals surface area contributed by atoms with E-state index >= 15 is 0 Å². The molecule has 2 fully saturated rings. The minimum Gasteiger partial charge on any atom is -0.369 e. The van der Waals surface area contributed by atoms with Crippen LogP contribution >= 0.6 is 15.9 Å². The number of nitrogens with zero attached hydrogens (tertiary/aromatic N) is 6. The van der Waals surface area contributed by atoms with Gasteiger partial charge < -0.3 is 4.90 Å². The van der Waals surface area contributed by atoms with Gasteiger partial charge in [0.05, 0.1) is 10.5 Å². The van der Waals surface area contributed by atoms with Crippen LogP contribution in [0.3, 0.4) is 0 Å². The zero-order valence-corrected chi connectivity index (χ0v) is 21.3. The van der Waals surface area contributed by atoms with Crippen molar-refractivity contribution >= 4 is 33.3 Å². The molecule has 1 N–H and O–H groups in total. The molecule has 8 nitrogen and oxygen atoms in total. The normalized spacial score (nSPS) is 17.3. The third-order valence-electron chi connectivity index (χ3n) is 6.62. The molecular formula is C25H32BrN7O. The molecule has 1 aliphatic heterocycles. The minimum atomic E-state index is -0.186. The maximum absolute atomic E-state index is 13.2. The zero-order valence-electron chi connectivity index (χ0n) is 19.7. The van der Waals surface area contributed by atoms with Crippen LogP contribution in [0, 0.1) is 11.3 Å². The summed E-state index contributed by atoms with van der Waals surface area (Å²) >= 11 is 3.50. The van der Waals surface area contributed by atoms with Crippen LogP contribution in [0.1, 0.15) is 61.6 Å². The van der Waals surface area contributed by atoms with Crippen molar-refractivity contribution < 1.29 is 4.79 Å². The van der Waals surface area contributed by atoms with E-state index in [4.69, 9.17) is 0 Å². The molecule has 34 heavy (non-hydrogen) atoms. The van der Waals surface area contributed by atoms with E-state index < -0.39 is 0 Å². The second-order valence-corrected chi connectivity index (χ2v) is 9.81. The first-order valence-electron chi connectivity index (χ1n) is 12.2. The Morgan fingerprint density at radius 1 is 1.18 bits per heavy atom. The predicted molar refractivity (Wildman–Crippen MR) is 137 cm³/mol. The molecular weight excluding hydrogens is 494 g/mol. The predicted octanol–water partition coefficient (Wildman–Crippen LogP) is 4.13. The van der Waals surface area contributed by atoms with Gasteiger partial charge in [0, 0.05) is 43.6 Å². The quantitative estimate of drug-likeness (QED) is 0.543. The monoisotopic (exact) mass is 525 g/mol. The van der Waals surface area contributed by atoms with Crippen molar-refractivity contribution in [3.05, 3.63) is 46.3 Å². The first-order chi connectivity index (χ1) is 16.6. The molecule has 0 unspecified atom stereocenters. The Bertz CT molecular complexity index is 1010. The minimum absolute atomic E-state index is 0.0802. The Hall–Kier alpha value is -2.70. The Balaban J connectivity index is 1.48. The Morgan fingerprint density at radius 3 is 2.53 bits per heavy atom. The van der Waals surface area contributed by atoms with Crippen LogP contribution in [0.15, 0.2) is 34.9 Å². The Labute approximate surface area is 210 Å². The van der Waals surface area contributed by atoms with Gasteiger partial charge >= 0.3 is 0 Å². The van der Waals surface area contributed by atoms with E-state index in [1.54, 1.807) is 6.20 Å². The summed E-state index contributed by atoms with van der Waals surface area (Å²) in [5.74, 6) is 0.416. The zero-order chi connectivity index (χ0) is 23.9. The van der Waals surface area contributed by atoms with Crippen molar-refractivity contribution in [1.82, 2.24) is 20.3 Å². The maximum Gasteiger partial charge on any atom is 0.269 e. The van der Waals surface area contributed by atoms with Crippen molar-refractivity contribution in [2.24, 2.45) is 0 Å². The van der Waals surface area contributed by atoms with E-state index in [1.807, 2.05) is 35.3 Å². The van der Waals surface area contributed by atoms with Crippen molar-refractivity contribution in [3.8, 4) is 6.07 Å². The van der Waals surface area contributed by atoms with Crippen LogP contribution in [0.25, 0.3) is 0 Å². The lowest BCUT2D eigenvalue weighted by Gasteiger charge is -2.36. The number of carbonyl (C=O) groups is 1. The van der Waals surface area contributed by atoms with Crippen molar-refractivity contribution in [2.45, 2.75) is 51.5 Å². The Kier molecular flexibility index (Phi) is 8.35. The molecule has 4 rings (SSSR count). The smallest absolute Gasteiger partial charge is 0.269 e. The van der Waals surface area contributed by atoms with Gasteiger partial charge in [-0.15, -0.1) is 0 Å². The van der Waals surface area contributed by atoms with Crippen LogP contribution in [0.5, 0.6) is 0 Å². The number of hydrazine groups is 1. The average Bonchev–Trinajstić information content (AvgIpc) is 2.89. The van der Waals surface area contributed by atoms with Gasteiger partial charge in [-0.05, 0) is 66.0 Å². The lowest BCUT2D eigenvalue weighted by Crippen LogP contribution is -2.50. The number of amides is 1. The number of carbonyl (C=O) groups excluding carboxylic acids is 1. The van der Waals surface area contributed by atoms with E-state index in [9.17, 15) is 10.1 Å². The van der Waals surface area contributed by atoms with Crippen LogP contribution in [-0.4, -0.2) is 59.5 Å². The van der Waals surface area contributed by atoms with Crippen LogP contribution in [0.2, 0.25) is 0 Å². The molecule has 0 radical (unpaired) electrons. The van der Waals surface area contributed by atoms with Crippen LogP contribution in [0.4, 0.5) is 11.5 Å². The highest BCUT2D eigenvalue weighted by Crippen LogP contribution is 2.30. The van der Waals surface area contributed by atoms with Gasteiger partial charge in [-0.3, -0.25) is 20.1 Å². The van der Waals surface area contributed by atoms with Crippen molar-refractivity contribution in [3.63, 3.8) is 0 Å². The molecule has 2 aromatic rings. The topological polar surface area (TPSA) is 88.4 Å². The van der Waals surface area contributed by atoms with Crippen molar-refractivity contribution in [1.29, 1.82) is 5.26 Å². The summed E-state index contributed by atoms with van der Waals surface area (Å²) in [6.45, 7) is 7.53. The summed E-state index contributed by atoms with van der Waals surface area (Å²) in [7, 11) is 0. The van der Waals surface area contributed by atoms with Crippen LogP contribution in [-0.2, 0) is 0 Å². The fraction of sp³-hybridized carbons (Fsp3) is 0.520. The van der Waals surface area contributed by atoms with Gasteiger partial charge in [0.2, 0.25) is 5.82 Å². The van der Waals surface area contributed by atoms with Gasteiger partial charge in [-0.1, -0.05) is 26.2 Å². The van der Waals surface area contributed by atoms with Gasteiger partial charge in [0.25, 0.3) is 5.91 Å². The number of nitrogens with one attached hydrogen (secondary N) is 1. The fourth-order valence-electron chi connectivity index (χ4n) is 4.78. The molecule has 0 spiro atoms. The third kappa shape index (κ3) is 5.86. The van der Waals surface area contributed by atoms with Gasteiger partial charge in [0.1, 0.15) is 6.07 Å². The molecule has 1 aromatic carbocycles. The van der Waals surface area contributed by atoms with Gasteiger partial charge in [-0.25, -0.2) is 4.98 Å². The van der Waals surface area contributed by atoms with Gasteiger partial charge in [-0.2, -0.15) is 10.2 Å². The SMILES string of the molecule is CCCN1CCN(c2ccc(C(=O)NN(c3nc(C#N)ncc3Br)C3CCCCC3)cc2)CC1. The number of hydrogen-bond donors (Lipinski definition) is 1. The number of halogens is 1. The van der Waals surface area contributed by atoms with Crippen molar-refractivity contribution in [2.75, 3.05) is 42.6 Å². The summed E-state index contributed by atoms with van der Waals surface area (Å²) in [4.78, 5) is 26.5. The number of hydrogen-bond acceptors (Lipinski definition) is 7. The van der Waals surface area contributed by atoms with E-state index in [1.165, 1.54) is 12.8 Å². The fourth-order valence-corrected chi connectivity index (χ4v) is 5.16. The molecule has 1 aliphatic carbocycles. The van der Waals surface area contributed by atoms with E-state index in [-0.39, 0.29) is 17.8 Å². The number of piperazine rings is 1. The van der Waals surface area contributed by atoms with E-state index in [0.717, 1.165) is 64.1 Å². The molecule has 180 valence electrons. The first-order valence-corrected chi connectivity index (χ1v) is 13.0. The second kappa shape index (κ2) is 11.6. The number of benzene rings is 1. The highest BCUT2D eigenvalue weighted by Gasteiger charge is 2.27. The number of anilines is 2. The van der Waals surface area contributed by atoms with Crippen LogP contribution < -0.4 is 15.3 Å². The second-order valence-electron chi connectivity index (χ2n) is 8.96. The molecule has 2 heterocycles. The highest BCUT2D eigenvalue weighted by molar-refractivity contribution is 9.10. The molecule has 2 aliphatic rings. The van der Waals surface area contributed by atoms with E-state index in [0.29, 0.717) is 15.9 Å². The third-order valence-corrected chi connectivity index (χ3v) is 7.18. The largest absolute Gasteiger partial charge is 0.369 e. The first kappa shape index (κ1) is 24.4. The molecule has 0 atom stereocenters. The molecule has 1 aromatic heterocycles. The standard InChI is InChI=1S/C25H32BrN7O/c1-2-12-31-13-15-32(16-14-31)20-10-8-19(9-11-20)25(34)30-33(21-6-4-3-5-7-21)24-22(26)18-28-23(17-27)29-24/h8-11,18,21H,2-7,12-16H2,1H3,(H,30,34). The molecule has 9 heteroatoms. The molecule has 1 saturated carbocycles. The lowest BCUT2D eigenvalue weighted by molar-refractivity contribution is 0.0941. The summed E-state index contributed by atoms with van der Waals surface area (Å²) in [6, 6.07) is 9.95. The summed E-state index contributed by atoms with van der Waals surface area (Å²) in [6.07, 6.45) is 8.07. The summed E-state index contributed by atoms with van der Waals surface area (Å²) < 4.78 is 0.648. The molecule has 0 bridgehead atoms. The van der Waals surface area contributed by atoms with Gasteiger partial charge in [0.15, 0.2) is 5.82 Å². The molecule has 1 amide bonds. The number of aromatic nitrogens is 2. The summed E-state index contributed by atoms with van der Waals surface area (Å²) in [5, 5.41) is 11.1. The lowest BCUT2D eigenvalue weighted by atomic mass is 9.95. The highest BCUT2D eigenvalue weighted by atomic mass is 79.9. The summed E-state index contributed by atoms with van der Waals surface area (Å²) in [5.41, 5.74) is 4.82. The average molecular weight is 526 g/mol.